The molecule has 1 fully saturated rings. The number of carboxylic acids is 1. The van der Waals surface area contributed by atoms with Crippen molar-refractivity contribution in [2.45, 2.75) is 38.6 Å². The summed E-state index contributed by atoms with van der Waals surface area (Å²) in [5.74, 6) is -1.10. The highest BCUT2D eigenvalue weighted by Crippen LogP contribution is 2.24. The zero-order chi connectivity index (χ0) is 13.1. The van der Waals surface area contributed by atoms with E-state index in [9.17, 15) is 9.59 Å². The van der Waals surface area contributed by atoms with E-state index in [1.54, 1.807) is 13.0 Å². The van der Waals surface area contributed by atoms with Crippen LogP contribution < -0.4 is 5.32 Å². The Morgan fingerprint density at radius 3 is 2.56 bits per heavy atom. The van der Waals surface area contributed by atoms with Crippen molar-refractivity contribution in [2.75, 3.05) is 0 Å². The van der Waals surface area contributed by atoms with Gasteiger partial charge in [-0.05, 0) is 32.6 Å². The molecule has 1 aliphatic rings. The number of nitrogens with one attached hydrogen (secondary N) is 1. The van der Waals surface area contributed by atoms with E-state index < -0.39 is 5.97 Å². The van der Waals surface area contributed by atoms with Crippen LogP contribution in [0.2, 0.25) is 0 Å². The number of aromatic nitrogens is 1. The molecule has 2 N–H and O–H groups in total. The minimum absolute atomic E-state index is 0.0264. The molecule has 1 aliphatic carbocycles. The molecule has 1 aromatic rings. The second-order valence-electron chi connectivity index (χ2n) is 4.69. The zero-order valence-electron chi connectivity index (χ0n) is 10.2. The van der Waals surface area contributed by atoms with Crippen LogP contribution in [0.4, 0.5) is 0 Å². The van der Waals surface area contributed by atoms with Gasteiger partial charge in [-0.15, -0.1) is 0 Å². The Hall–Kier alpha value is -1.85. The molecule has 0 saturated heterocycles. The Labute approximate surface area is 104 Å². The third-order valence-corrected chi connectivity index (χ3v) is 3.26. The number of nitrogens with zero attached hydrogens (tertiary/aromatic N) is 1. The predicted octanol–water partition coefficient (Wildman–Crippen LogP) is 1.36. The van der Waals surface area contributed by atoms with Crippen molar-refractivity contribution in [3.05, 3.63) is 17.5 Å². The molecule has 6 nitrogen and oxygen atoms in total. The lowest BCUT2D eigenvalue weighted by Gasteiger charge is -2.26. The van der Waals surface area contributed by atoms with Crippen molar-refractivity contribution in [3.8, 4) is 0 Å². The highest BCUT2D eigenvalue weighted by molar-refractivity contribution is 5.91. The maximum atomic E-state index is 11.8. The second-order valence-corrected chi connectivity index (χ2v) is 4.69. The molecule has 0 spiro atoms. The van der Waals surface area contributed by atoms with Crippen molar-refractivity contribution in [3.63, 3.8) is 0 Å². The summed E-state index contributed by atoms with van der Waals surface area (Å²) in [6.45, 7) is 1.75. The summed E-state index contributed by atoms with van der Waals surface area (Å²) in [5, 5.41) is 15.4. The molecule has 2 rings (SSSR count). The van der Waals surface area contributed by atoms with Gasteiger partial charge in [0.25, 0.3) is 5.91 Å². The van der Waals surface area contributed by atoms with E-state index in [1.165, 1.54) is 0 Å². The van der Waals surface area contributed by atoms with Gasteiger partial charge in [0.1, 0.15) is 0 Å². The average Bonchev–Trinajstić information content (AvgIpc) is 2.76. The Kier molecular flexibility index (Phi) is 3.64. The van der Waals surface area contributed by atoms with Crippen molar-refractivity contribution in [1.29, 1.82) is 0 Å². The molecule has 6 heteroatoms. The second kappa shape index (κ2) is 5.20. The van der Waals surface area contributed by atoms with Crippen LogP contribution in [0.1, 0.15) is 41.9 Å². The van der Waals surface area contributed by atoms with Gasteiger partial charge < -0.3 is 14.9 Å². The fraction of sp³-hybridized carbons (Fsp3) is 0.583. The van der Waals surface area contributed by atoms with E-state index in [2.05, 4.69) is 10.5 Å². The molecule has 1 heterocycles. The number of carbonyl (C=O) groups excluding carboxylic acids is 1. The molecule has 1 amide bonds. The number of carboxylic acid groups (broad SMARTS) is 1. The van der Waals surface area contributed by atoms with Crippen molar-refractivity contribution < 1.29 is 19.2 Å². The smallest absolute Gasteiger partial charge is 0.306 e. The van der Waals surface area contributed by atoms with Gasteiger partial charge in [0, 0.05) is 12.1 Å². The summed E-state index contributed by atoms with van der Waals surface area (Å²) in [7, 11) is 0. The lowest BCUT2D eigenvalue weighted by molar-refractivity contribution is -0.142. The minimum atomic E-state index is -0.745. The Morgan fingerprint density at radius 2 is 2.06 bits per heavy atom. The van der Waals surface area contributed by atoms with Gasteiger partial charge in [0.15, 0.2) is 0 Å². The van der Waals surface area contributed by atoms with Gasteiger partial charge in [-0.25, -0.2) is 0 Å². The number of aryl methyl sites for hydroxylation is 1. The summed E-state index contributed by atoms with van der Waals surface area (Å²) in [5.41, 5.74) is 0.662. The molecular weight excluding hydrogens is 236 g/mol. The summed E-state index contributed by atoms with van der Waals surface area (Å²) in [4.78, 5) is 22.6. The van der Waals surface area contributed by atoms with Crippen LogP contribution in [0.15, 0.2) is 10.6 Å². The molecule has 0 aliphatic heterocycles. The standard InChI is InChI=1S/C12H16N2O4/c1-7-6-10(18-14-7)11(15)13-9-4-2-8(3-5-9)12(16)17/h6,8-9H,2-5H2,1H3,(H,13,15)(H,16,17). The van der Waals surface area contributed by atoms with Crippen molar-refractivity contribution in [2.24, 2.45) is 5.92 Å². The van der Waals surface area contributed by atoms with Crippen LogP contribution in [-0.4, -0.2) is 28.2 Å². The molecule has 0 aromatic carbocycles. The van der Waals surface area contributed by atoms with E-state index in [-0.39, 0.29) is 23.6 Å². The largest absolute Gasteiger partial charge is 0.481 e. The van der Waals surface area contributed by atoms with Crippen molar-refractivity contribution in [1.82, 2.24) is 10.5 Å². The molecule has 98 valence electrons. The van der Waals surface area contributed by atoms with Crippen LogP contribution in [0.25, 0.3) is 0 Å². The van der Waals surface area contributed by atoms with Gasteiger partial charge in [0.05, 0.1) is 11.6 Å². The van der Waals surface area contributed by atoms with Gasteiger partial charge in [0.2, 0.25) is 5.76 Å². The molecule has 18 heavy (non-hydrogen) atoms. The fourth-order valence-corrected chi connectivity index (χ4v) is 2.21. The van der Waals surface area contributed by atoms with Crippen LogP contribution in [0, 0.1) is 12.8 Å². The zero-order valence-corrected chi connectivity index (χ0v) is 10.2. The molecule has 0 bridgehead atoms. The van der Waals surface area contributed by atoms with E-state index in [0.29, 0.717) is 31.4 Å². The first kappa shape index (κ1) is 12.6. The first-order chi connectivity index (χ1) is 8.56. The third-order valence-electron chi connectivity index (χ3n) is 3.26. The highest BCUT2D eigenvalue weighted by atomic mass is 16.5. The summed E-state index contributed by atoms with van der Waals surface area (Å²) < 4.78 is 4.87. The van der Waals surface area contributed by atoms with E-state index in [0.717, 1.165) is 0 Å². The van der Waals surface area contributed by atoms with Crippen molar-refractivity contribution >= 4 is 11.9 Å². The number of rotatable bonds is 3. The fourth-order valence-electron chi connectivity index (χ4n) is 2.21. The third kappa shape index (κ3) is 2.88. The van der Waals surface area contributed by atoms with Crippen LogP contribution in [0.3, 0.4) is 0 Å². The summed E-state index contributed by atoms with van der Waals surface area (Å²) >= 11 is 0. The first-order valence-electron chi connectivity index (χ1n) is 6.03. The number of hydrogen-bond acceptors (Lipinski definition) is 4. The first-order valence-corrected chi connectivity index (χ1v) is 6.03. The maximum Gasteiger partial charge on any atom is 0.306 e. The lowest BCUT2D eigenvalue weighted by Crippen LogP contribution is -2.38. The SMILES string of the molecule is Cc1cc(C(=O)NC2CCC(C(=O)O)CC2)on1. The summed E-state index contributed by atoms with van der Waals surface area (Å²) in [6, 6.07) is 1.61. The highest BCUT2D eigenvalue weighted by Gasteiger charge is 2.27. The number of carbonyl (C=O) groups is 2. The number of aliphatic carboxylic acids is 1. The molecular formula is C12H16N2O4. The molecule has 0 atom stereocenters. The Bertz CT molecular complexity index is 447. The molecule has 1 saturated carbocycles. The maximum absolute atomic E-state index is 11.8. The topological polar surface area (TPSA) is 92.4 Å². The average molecular weight is 252 g/mol. The van der Waals surface area contributed by atoms with Gasteiger partial charge >= 0.3 is 5.97 Å². The molecule has 0 radical (unpaired) electrons. The quantitative estimate of drug-likeness (QED) is 0.847. The van der Waals surface area contributed by atoms with Crippen LogP contribution in [0.5, 0.6) is 0 Å². The van der Waals surface area contributed by atoms with Crippen LogP contribution >= 0.6 is 0 Å². The molecule has 1 aromatic heterocycles. The van der Waals surface area contributed by atoms with Crippen LogP contribution in [-0.2, 0) is 4.79 Å². The lowest BCUT2D eigenvalue weighted by atomic mass is 9.86. The van der Waals surface area contributed by atoms with E-state index in [4.69, 9.17) is 9.63 Å². The normalized spacial score (nSPS) is 23.6. The minimum Gasteiger partial charge on any atom is -0.481 e. The van der Waals surface area contributed by atoms with Gasteiger partial charge in [-0.3, -0.25) is 9.59 Å². The van der Waals surface area contributed by atoms with E-state index in [1.807, 2.05) is 0 Å². The Balaban J connectivity index is 1.85. The predicted molar refractivity (Wildman–Crippen MR) is 62.1 cm³/mol. The van der Waals surface area contributed by atoms with Gasteiger partial charge in [-0.1, -0.05) is 5.16 Å². The molecule has 0 unspecified atom stereocenters. The van der Waals surface area contributed by atoms with Gasteiger partial charge in [-0.2, -0.15) is 0 Å². The van der Waals surface area contributed by atoms with E-state index >= 15 is 0 Å². The monoisotopic (exact) mass is 252 g/mol. The Morgan fingerprint density at radius 1 is 1.39 bits per heavy atom. The number of hydrogen-bond donors (Lipinski definition) is 2. The summed E-state index contributed by atoms with van der Waals surface area (Å²) in [6.07, 6.45) is 2.59. The number of amides is 1.